The zero-order valence-electron chi connectivity index (χ0n) is 17.8. The van der Waals surface area contributed by atoms with Gasteiger partial charge in [-0.2, -0.15) is 0 Å². The molecule has 3 nitrogen and oxygen atoms in total. The Hall–Kier alpha value is -2.23. The molecule has 0 fully saturated rings. The van der Waals surface area contributed by atoms with Gasteiger partial charge < -0.3 is 14.6 Å². The molecule has 2 rings (SSSR count). The van der Waals surface area contributed by atoms with Crippen molar-refractivity contribution in [2.75, 3.05) is 13.7 Å². The molecule has 0 bridgehead atoms. The number of aliphatic hydroxyl groups is 1. The highest BCUT2D eigenvalue weighted by Gasteiger charge is 2.08. The molecule has 0 radical (unpaired) electrons. The lowest BCUT2D eigenvalue weighted by Gasteiger charge is -2.14. The average molecular weight is 373 g/mol. The van der Waals surface area contributed by atoms with E-state index in [2.05, 4.69) is 56.8 Å². The Morgan fingerprint density at radius 2 is 1.59 bits per heavy atom. The number of aliphatic hydroxyl groups excluding tert-OH is 1. The van der Waals surface area contributed by atoms with Crippen molar-refractivity contribution in [3.8, 4) is 11.1 Å². The number of carbonyl (C=O) groups is 1. The SMILES string of the molecule is C=CC.C=O.CC.COCc1cc(C)ccc1-c1ccc(CCO)cc1C. The van der Waals surface area contributed by atoms with Gasteiger partial charge in [0, 0.05) is 13.7 Å². The summed E-state index contributed by atoms with van der Waals surface area (Å²) in [6.07, 6.45) is 2.46. The van der Waals surface area contributed by atoms with Crippen LogP contribution in [0.5, 0.6) is 0 Å². The van der Waals surface area contributed by atoms with Crippen molar-refractivity contribution in [1.82, 2.24) is 0 Å². The molecular weight excluding hydrogens is 336 g/mol. The van der Waals surface area contributed by atoms with E-state index >= 15 is 0 Å². The lowest BCUT2D eigenvalue weighted by molar-refractivity contribution is -0.0979. The molecule has 0 saturated carbocycles. The third kappa shape index (κ3) is 9.88. The van der Waals surface area contributed by atoms with Crippen molar-refractivity contribution in [3.05, 3.63) is 71.3 Å². The Kier molecular flexibility index (Phi) is 17.2. The predicted octanol–water partition coefficient (Wildman–Crippen LogP) is 5.69. The molecule has 0 aliphatic carbocycles. The molecule has 3 heteroatoms. The summed E-state index contributed by atoms with van der Waals surface area (Å²) >= 11 is 0. The Morgan fingerprint density at radius 3 is 2.07 bits per heavy atom. The van der Waals surface area contributed by atoms with Gasteiger partial charge in [0.15, 0.2) is 0 Å². The molecule has 27 heavy (non-hydrogen) atoms. The zero-order valence-corrected chi connectivity index (χ0v) is 17.8. The maximum Gasteiger partial charge on any atom is 0.106 e. The topological polar surface area (TPSA) is 46.5 Å². The van der Waals surface area contributed by atoms with Crippen LogP contribution in [0.3, 0.4) is 0 Å². The molecular formula is C24H36O3. The number of hydrogen-bond acceptors (Lipinski definition) is 3. The van der Waals surface area contributed by atoms with Crippen LogP contribution in [-0.4, -0.2) is 25.6 Å². The van der Waals surface area contributed by atoms with E-state index in [4.69, 9.17) is 14.6 Å². The van der Waals surface area contributed by atoms with E-state index in [1.165, 1.54) is 33.4 Å². The second kappa shape index (κ2) is 17.2. The summed E-state index contributed by atoms with van der Waals surface area (Å²) in [5, 5.41) is 9.03. The second-order valence-corrected chi connectivity index (χ2v) is 5.62. The van der Waals surface area contributed by atoms with Crippen LogP contribution >= 0.6 is 0 Å². The number of hydrogen-bond donors (Lipinski definition) is 1. The van der Waals surface area contributed by atoms with Gasteiger partial charge in [-0.15, -0.1) is 6.58 Å². The summed E-state index contributed by atoms with van der Waals surface area (Å²) in [5.74, 6) is 0. The maximum absolute atomic E-state index is 9.03. The fourth-order valence-corrected chi connectivity index (χ4v) is 2.57. The van der Waals surface area contributed by atoms with Crippen LogP contribution in [0.4, 0.5) is 0 Å². The van der Waals surface area contributed by atoms with Crippen molar-refractivity contribution in [3.63, 3.8) is 0 Å². The minimum absolute atomic E-state index is 0.193. The van der Waals surface area contributed by atoms with Crippen LogP contribution in [-0.2, 0) is 22.6 Å². The van der Waals surface area contributed by atoms with Crippen LogP contribution in [0, 0.1) is 13.8 Å². The first kappa shape index (κ1) is 27.0. The van der Waals surface area contributed by atoms with Gasteiger partial charge in [0.2, 0.25) is 0 Å². The Balaban J connectivity index is 0. The standard InChI is InChI=1S/C18H22O2.C3H6.C2H6.CH2O/c1-13-4-6-18(16(10-13)12-20-3)17-7-5-15(8-9-19)11-14(17)2;1-3-2;2*1-2/h4-7,10-11,19H,8-9,12H2,1-3H3;3H,1H2,2H3;1-2H3;1H2. The lowest BCUT2D eigenvalue weighted by Crippen LogP contribution is -1.96. The number of allylic oxidation sites excluding steroid dienone is 1. The molecule has 0 saturated heterocycles. The summed E-state index contributed by atoms with van der Waals surface area (Å²) in [6, 6.07) is 12.9. The van der Waals surface area contributed by atoms with E-state index in [1.54, 1.807) is 13.2 Å². The predicted molar refractivity (Wildman–Crippen MR) is 117 cm³/mol. The van der Waals surface area contributed by atoms with Crippen molar-refractivity contribution in [2.45, 2.75) is 47.6 Å². The van der Waals surface area contributed by atoms with E-state index in [0.717, 1.165) is 0 Å². The quantitative estimate of drug-likeness (QED) is 0.686. The zero-order chi connectivity index (χ0) is 21.2. The first-order chi connectivity index (χ1) is 13.1. The summed E-state index contributed by atoms with van der Waals surface area (Å²) in [4.78, 5) is 8.00. The largest absolute Gasteiger partial charge is 0.396 e. The molecule has 0 aromatic heterocycles. The molecule has 0 unspecified atom stereocenters. The lowest BCUT2D eigenvalue weighted by atomic mass is 9.93. The minimum atomic E-state index is 0.193. The van der Waals surface area contributed by atoms with E-state index in [-0.39, 0.29) is 6.61 Å². The highest BCUT2D eigenvalue weighted by molar-refractivity contribution is 5.71. The summed E-state index contributed by atoms with van der Waals surface area (Å²) in [6.45, 7) is 16.3. The monoisotopic (exact) mass is 372 g/mol. The molecule has 0 atom stereocenters. The Bertz CT molecular complexity index is 648. The third-order valence-electron chi connectivity index (χ3n) is 3.54. The van der Waals surface area contributed by atoms with Crippen LogP contribution in [0.2, 0.25) is 0 Å². The second-order valence-electron chi connectivity index (χ2n) is 5.62. The number of aryl methyl sites for hydroxylation is 2. The molecule has 0 heterocycles. The summed E-state index contributed by atoms with van der Waals surface area (Å²) < 4.78 is 5.31. The van der Waals surface area contributed by atoms with Gasteiger partial charge in [-0.25, -0.2) is 0 Å². The minimum Gasteiger partial charge on any atom is -0.396 e. The van der Waals surface area contributed by atoms with Gasteiger partial charge in [-0.3, -0.25) is 0 Å². The van der Waals surface area contributed by atoms with Gasteiger partial charge in [0.1, 0.15) is 6.79 Å². The number of rotatable bonds is 5. The number of ether oxygens (including phenoxy) is 1. The fraction of sp³-hybridized carbons (Fsp3) is 0.375. The van der Waals surface area contributed by atoms with Gasteiger partial charge in [0.05, 0.1) is 6.61 Å². The fourth-order valence-electron chi connectivity index (χ4n) is 2.57. The van der Waals surface area contributed by atoms with Crippen molar-refractivity contribution in [2.24, 2.45) is 0 Å². The Labute approximate surface area is 165 Å². The van der Waals surface area contributed by atoms with E-state index in [0.29, 0.717) is 13.0 Å². The number of benzene rings is 2. The van der Waals surface area contributed by atoms with E-state index in [1.807, 2.05) is 27.6 Å². The van der Waals surface area contributed by atoms with Crippen LogP contribution in [0.25, 0.3) is 11.1 Å². The van der Waals surface area contributed by atoms with Crippen molar-refractivity contribution in [1.29, 1.82) is 0 Å². The molecule has 0 aliphatic heterocycles. The summed E-state index contributed by atoms with van der Waals surface area (Å²) in [5.41, 5.74) is 7.33. The maximum atomic E-state index is 9.03. The highest BCUT2D eigenvalue weighted by atomic mass is 16.5. The van der Waals surface area contributed by atoms with E-state index < -0.39 is 0 Å². The molecule has 1 N–H and O–H groups in total. The van der Waals surface area contributed by atoms with Gasteiger partial charge >= 0.3 is 0 Å². The number of carbonyl (C=O) groups excluding carboxylic acids is 1. The van der Waals surface area contributed by atoms with Crippen LogP contribution in [0.15, 0.2) is 49.1 Å². The average Bonchev–Trinajstić information content (AvgIpc) is 2.67. The first-order valence-electron chi connectivity index (χ1n) is 9.22. The first-order valence-corrected chi connectivity index (χ1v) is 9.22. The molecule has 150 valence electrons. The van der Waals surface area contributed by atoms with Gasteiger partial charge in [0.25, 0.3) is 0 Å². The van der Waals surface area contributed by atoms with Crippen molar-refractivity contribution < 1.29 is 14.6 Å². The number of methoxy groups -OCH3 is 1. The molecule has 2 aromatic carbocycles. The molecule has 0 amide bonds. The Morgan fingerprint density at radius 1 is 1.04 bits per heavy atom. The third-order valence-corrected chi connectivity index (χ3v) is 3.54. The van der Waals surface area contributed by atoms with Gasteiger partial charge in [-0.05, 0) is 55.0 Å². The normalized spacial score (nSPS) is 8.85. The van der Waals surface area contributed by atoms with Crippen LogP contribution in [0.1, 0.15) is 43.0 Å². The molecule has 0 aliphatic rings. The smallest absolute Gasteiger partial charge is 0.106 e. The summed E-state index contributed by atoms with van der Waals surface area (Å²) in [7, 11) is 1.73. The van der Waals surface area contributed by atoms with Crippen LogP contribution < -0.4 is 0 Å². The highest BCUT2D eigenvalue weighted by Crippen LogP contribution is 2.29. The molecule has 0 spiro atoms. The van der Waals surface area contributed by atoms with E-state index in [9.17, 15) is 0 Å². The van der Waals surface area contributed by atoms with Gasteiger partial charge in [-0.1, -0.05) is 61.9 Å². The molecule has 2 aromatic rings. The van der Waals surface area contributed by atoms with Crippen molar-refractivity contribution >= 4 is 6.79 Å².